The summed E-state index contributed by atoms with van der Waals surface area (Å²) < 4.78 is 0. The topological polar surface area (TPSA) is 70.3 Å². The van der Waals surface area contributed by atoms with Crippen LogP contribution < -0.4 is 5.73 Å². The van der Waals surface area contributed by atoms with Gasteiger partial charge in [-0.1, -0.05) is 39.8 Å². The number of likely N-dealkylation sites (N-methyl/N-ethyl adjacent to an activating group) is 1. The van der Waals surface area contributed by atoms with Crippen LogP contribution in [0.5, 0.6) is 0 Å². The van der Waals surface area contributed by atoms with Crippen LogP contribution in [-0.2, 0) is 10.8 Å². The van der Waals surface area contributed by atoms with Crippen LogP contribution in [0.25, 0.3) is 22.4 Å². The average molecular weight is 418 g/mol. The second-order valence-corrected chi connectivity index (χ2v) is 10.4. The lowest BCUT2D eigenvalue weighted by Crippen LogP contribution is -2.33. The third-order valence-electron chi connectivity index (χ3n) is 6.73. The fraction of sp³-hybridized carbons (Fsp3) is 0.462. The lowest BCUT2D eigenvalue weighted by atomic mass is 9.63. The first-order chi connectivity index (χ1) is 14.6. The maximum absolute atomic E-state index is 6.22. The van der Waals surface area contributed by atoms with Gasteiger partial charge in [0.05, 0.1) is 17.6 Å². The number of benzene rings is 2. The second-order valence-electron chi connectivity index (χ2n) is 10.4. The van der Waals surface area contributed by atoms with Gasteiger partial charge in [-0.25, -0.2) is 4.98 Å². The molecule has 0 bridgehead atoms. The number of nitrogens with one attached hydrogen (secondary N) is 1. The fourth-order valence-corrected chi connectivity index (χ4v) is 4.50. The smallest absolute Gasteiger partial charge is 0.138 e. The van der Waals surface area contributed by atoms with E-state index in [9.17, 15) is 0 Å². The Kier molecular flexibility index (Phi) is 5.42. The molecule has 1 aliphatic carbocycles. The number of hydrogen-bond donors (Lipinski definition) is 2. The van der Waals surface area contributed by atoms with Gasteiger partial charge in [0.25, 0.3) is 0 Å². The molecule has 0 atom stereocenters. The summed E-state index contributed by atoms with van der Waals surface area (Å²) in [5.74, 6) is 1.47. The highest BCUT2D eigenvalue weighted by atomic mass is 15.1. The van der Waals surface area contributed by atoms with E-state index in [4.69, 9.17) is 10.7 Å². The summed E-state index contributed by atoms with van der Waals surface area (Å²) in [5, 5.41) is 0. The molecule has 0 fully saturated rings. The number of aliphatic imine (C=N–C) groups is 1. The molecule has 2 aromatic carbocycles. The first-order valence-corrected chi connectivity index (χ1v) is 11.2. The number of hydrogen-bond acceptors (Lipinski definition) is 3. The number of nitrogens with zero attached hydrogens (tertiary/aromatic N) is 3. The third-order valence-corrected chi connectivity index (χ3v) is 6.73. The lowest BCUT2D eigenvalue weighted by Gasteiger charge is -2.42. The summed E-state index contributed by atoms with van der Waals surface area (Å²) in [4.78, 5) is 15.0. The van der Waals surface area contributed by atoms with Gasteiger partial charge in [0.1, 0.15) is 11.7 Å². The minimum absolute atomic E-state index is 0.178. The predicted molar refractivity (Wildman–Crippen MR) is 131 cm³/mol. The first kappa shape index (κ1) is 21.6. The van der Waals surface area contributed by atoms with Crippen molar-refractivity contribution in [2.24, 2.45) is 10.7 Å². The van der Waals surface area contributed by atoms with Gasteiger partial charge in [-0.3, -0.25) is 4.99 Å². The molecule has 164 valence electrons. The Bertz CT molecular complexity index is 1130. The molecule has 3 aromatic rings. The van der Waals surface area contributed by atoms with E-state index < -0.39 is 0 Å². The molecule has 1 aliphatic rings. The molecule has 0 saturated heterocycles. The van der Waals surface area contributed by atoms with Crippen molar-refractivity contribution < 1.29 is 0 Å². The van der Waals surface area contributed by atoms with E-state index in [-0.39, 0.29) is 10.8 Å². The predicted octanol–water partition coefficient (Wildman–Crippen LogP) is 4.85. The van der Waals surface area contributed by atoms with Gasteiger partial charge < -0.3 is 15.6 Å². The number of imidazole rings is 1. The second kappa shape index (κ2) is 7.79. The van der Waals surface area contributed by atoms with Crippen LogP contribution in [0.2, 0.25) is 0 Å². The maximum atomic E-state index is 6.22. The molecule has 0 radical (unpaired) electrons. The Morgan fingerprint density at radius 3 is 2.45 bits per heavy atom. The Balaban J connectivity index is 1.68. The number of aromatic amines is 1. The van der Waals surface area contributed by atoms with Crippen LogP contribution in [0.1, 0.15) is 57.2 Å². The van der Waals surface area contributed by atoms with E-state index in [0.29, 0.717) is 12.4 Å². The van der Waals surface area contributed by atoms with Gasteiger partial charge in [-0.15, -0.1) is 0 Å². The molecule has 4 rings (SSSR count). The van der Waals surface area contributed by atoms with E-state index in [1.54, 1.807) is 0 Å². The summed E-state index contributed by atoms with van der Waals surface area (Å²) in [6, 6.07) is 12.9. The molecule has 31 heavy (non-hydrogen) atoms. The molecule has 5 heteroatoms. The van der Waals surface area contributed by atoms with Crippen LogP contribution in [0.15, 0.2) is 41.4 Å². The summed E-state index contributed by atoms with van der Waals surface area (Å²) >= 11 is 0. The SMILES string of the molecule is CN(C)CCN=C(N)c1ccc2nc(-c3ccc4c(c3)C(C)(C)CCC4(C)C)[nH]c2c1. The van der Waals surface area contributed by atoms with E-state index in [1.165, 1.54) is 24.0 Å². The van der Waals surface area contributed by atoms with Gasteiger partial charge in [0.15, 0.2) is 0 Å². The van der Waals surface area contributed by atoms with Crippen molar-refractivity contribution in [1.29, 1.82) is 0 Å². The molecule has 1 heterocycles. The Labute approximate surface area is 185 Å². The molecule has 0 aliphatic heterocycles. The van der Waals surface area contributed by atoms with Gasteiger partial charge in [0, 0.05) is 17.7 Å². The number of H-pyrrole nitrogens is 1. The normalized spacial score (nSPS) is 17.8. The monoisotopic (exact) mass is 417 g/mol. The molecule has 5 nitrogen and oxygen atoms in total. The largest absolute Gasteiger partial charge is 0.384 e. The summed E-state index contributed by atoms with van der Waals surface area (Å²) in [6.07, 6.45) is 2.42. The van der Waals surface area contributed by atoms with Gasteiger partial charge in [-0.2, -0.15) is 0 Å². The summed E-state index contributed by atoms with van der Waals surface area (Å²) in [6.45, 7) is 11.0. The fourth-order valence-electron chi connectivity index (χ4n) is 4.50. The molecule has 0 saturated carbocycles. The summed E-state index contributed by atoms with van der Waals surface area (Å²) in [5.41, 5.74) is 13.5. The third kappa shape index (κ3) is 4.24. The van der Waals surface area contributed by atoms with Crippen LogP contribution in [0.4, 0.5) is 0 Å². The zero-order valence-corrected chi connectivity index (χ0v) is 19.7. The van der Waals surface area contributed by atoms with E-state index in [1.807, 2.05) is 32.3 Å². The Hall–Kier alpha value is -2.66. The van der Waals surface area contributed by atoms with Crippen molar-refractivity contribution >= 4 is 16.9 Å². The van der Waals surface area contributed by atoms with Crippen molar-refractivity contribution in [1.82, 2.24) is 14.9 Å². The van der Waals surface area contributed by atoms with E-state index in [0.717, 1.165) is 34.5 Å². The molecule has 0 unspecified atom stereocenters. The van der Waals surface area contributed by atoms with E-state index in [2.05, 4.69) is 60.8 Å². The first-order valence-electron chi connectivity index (χ1n) is 11.2. The highest BCUT2D eigenvalue weighted by Gasteiger charge is 2.37. The standard InChI is InChI=1S/C26H35N5/c1-25(2)11-12-26(3,4)20-15-18(7-9-19(20)25)24-29-21-10-8-17(16-22(21)30-24)23(27)28-13-14-31(5)6/h7-10,15-16H,11-14H2,1-6H3,(H2,27,28)(H,29,30). The van der Waals surface area contributed by atoms with Crippen molar-refractivity contribution in [2.75, 3.05) is 27.2 Å². The van der Waals surface area contributed by atoms with Crippen LogP contribution in [-0.4, -0.2) is 47.9 Å². The molecule has 0 amide bonds. The van der Waals surface area contributed by atoms with Crippen LogP contribution >= 0.6 is 0 Å². The van der Waals surface area contributed by atoms with Crippen molar-refractivity contribution in [3.63, 3.8) is 0 Å². The zero-order chi connectivity index (χ0) is 22.4. The number of aromatic nitrogens is 2. The van der Waals surface area contributed by atoms with Gasteiger partial charge in [0.2, 0.25) is 0 Å². The minimum atomic E-state index is 0.178. The van der Waals surface area contributed by atoms with Crippen molar-refractivity contribution in [3.05, 3.63) is 53.1 Å². The summed E-state index contributed by atoms with van der Waals surface area (Å²) in [7, 11) is 4.07. The number of rotatable bonds is 5. The highest BCUT2D eigenvalue weighted by Crippen LogP contribution is 2.46. The van der Waals surface area contributed by atoms with E-state index >= 15 is 0 Å². The minimum Gasteiger partial charge on any atom is -0.384 e. The van der Waals surface area contributed by atoms with Gasteiger partial charge >= 0.3 is 0 Å². The molecular formula is C26H35N5. The van der Waals surface area contributed by atoms with Crippen LogP contribution in [0, 0.1) is 0 Å². The maximum Gasteiger partial charge on any atom is 0.138 e. The lowest BCUT2D eigenvalue weighted by molar-refractivity contribution is 0.332. The molecule has 0 spiro atoms. The number of fused-ring (bicyclic) bond motifs is 2. The zero-order valence-electron chi connectivity index (χ0n) is 19.7. The number of nitrogens with two attached hydrogens (primary N) is 1. The number of amidine groups is 1. The Morgan fingerprint density at radius 2 is 1.74 bits per heavy atom. The average Bonchev–Trinajstić information content (AvgIpc) is 3.14. The quantitative estimate of drug-likeness (QED) is 0.461. The molecule has 1 aromatic heterocycles. The van der Waals surface area contributed by atoms with Gasteiger partial charge in [-0.05, 0) is 73.2 Å². The van der Waals surface area contributed by atoms with Crippen LogP contribution in [0.3, 0.4) is 0 Å². The Morgan fingerprint density at radius 1 is 1.03 bits per heavy atom. The van der Waals surface area contributed by atoms with Crippen molar-refractivity contribution in [2.45, 2.75) is 51.4 Å². The molecular weight excluding hydrogens is 382 g/mol. The highest BCUT2D eigenvalue weighted by molar-refractivity contribution is 6.00. The van der Waals surface area contributed by atoms with Crippen molar-refractivity contribution in [3.8, 4) is 11.4 Å². The molecule has 3 N–H and O–H groups in total.